The van der Waals surface area contributed by atoms with Gasteiger partial charge < -0.3 is 4.74 Å². The van der Waals surface area contributed by atoms with Gasteiger partial charge in [0.25, 0.3) is 20.2 Å². The molecule has 0 aliphatic heterocycles. The Balaban J connectivity index is 0.000000468. The lowest BCUT2D eigenvalue weighted by molar-refractivity contribution is -0.274. The van der Waals surface area contributed by atoms with Crippen molar-refractivity contribution in [3.8, 4) is 5.75 Å². The van der Waals surface area contributed by atoms with Crippen LogP contribution in [0.1, 0.15) is 24.5 Å². The average Bonchev–Trinajstić information content (AvgIpc) is 2.87. The molecule has 3 aromatic carbocycles. The topological polar surface area (TPSA) is 144 Å². The Labute approximate surface area is 243 Å². The molecule has 0 aliphatic carbocycles. The largest absolute Gasteiger partial charge is 0.573 e. The van der Waals surface area contributed by atoms with Crippen molar-refractivity contribution < 1.29 is 51.9 Å². The molecule has 10 nitrogen and oxygen atoms in total. The van der Waals surface area contributed by atoms with Crippen LogP contribution in [0.25, 0.3) is 0 Å². The highest BCUT2D eigenvalue weighted by molar-refractivity contribution is 7.89. The third-order valence-electron chi connectivity index (χ3n) is 5.36. The first-order valence-corrected chi connectivity index (χ1v) is 16.5. The van der Waals surface area contributed by atoms with E-state index in [4.69, 9.17) is 8.74 Å². The van der Waals surface area contributed by atoms with Crippen LogP contribution in [0, 0.1) is 13.8 Å². The van der Waals surface area contributed by atoms with Crippen LogP contribution in [0.4, 0.5) is 13.2 Å². The quantitative estimate of drug-likeness (QED) is 0.225. The van der Waals surface area contributed by atoms with Crippen LogP contribution in [0.5, 0.6) is 5.75 Å². The van der Waals surface area contributed by atoms with E-state index >= 15 is 0 Å². The monoisotopic (exact) mass is 653 g/mol. The SMILES string of the molecule is CCCN(CCOS(=O)(=O)c1ccc(C)cc1)S(=O)(=O)c1cccc(OC(F)(F)F)c1.Cc1ccc(S(=O)(=O)O)cc1. The van der Waals surface area contributed by atoms with Gasteiger partial charge in [0.05, 0.1) is 21.3 Å². The lowest BCUT2D eigenvalue weighted by Crippen LogP contribution is -2.35. The second-order valence-electron chi connectivity index (χ2n) is 8.80. The van der Waals surface area contributed by atoms with E-state index in [-0.39, 0.29) is 22.9 Å². The fourth-order valence-corrected chi connectivity index (χ4v) is 6.25. The van der Waals surface area contributed by atoms with Crippen molar-refractivity contribution in [3.63, 3.8) is 0 Å². The number of hydrogen-bond acceptors (Lipinski definition) is 8. The van der Waals surface area contributed by atoms with E-state index in [1.165, 1.54) is 24.3 Å². The van der Waals surface area contributed by atoms with E-state index in [1.54, 1.807) is 38.1 Å². The molecule has 0 aromatic heterocycles. The summed E-state index contributed by atoms with van der Waals surface area (Å²) in [5.74, 6) is -0.678. The third kappa shape index (κ3) is 11.0. The second-order valence-corrected chi connectivity index (χ2v) is 13.8. The van der Waals surface area contributed by atoms with Crippen LogP contribution in [-0.2, 0) is 34.4 Å². The molecule has 0 atom stereocenters. The lowest BCUT2D eigenvalue weighted by Gasteiger charge is -2.22. The van der Waals surface area contributed by atoms with Gasteiger partial charge in [-0.1, -0.05) is 48.4 Å². The van der Waals surface area contributed by atoms with Crippen molar-refractivity contribution in [2.75, 3.05) is 19.7 Å². The van der Waals surface area contributed by atoms with Crippen LogP contribution < -0.4 is 4.74 Å². The highest BCUT2D eigenvalue weighted by atomic mass is 32.2. The van der Waals surface area contributed by atoms with E-state index in [0.29, 0.717) is 6.42 Å². The number of hydrogen-bond donors (Lipinski definition) is 1. The van der Waals surface area contributed by atoms with Gasteiger partial charge in [-0.15, -0.1) is 13.2 Å². The maximum atomic E-state index is 12.9. The predicted molar refractivity (Wildman–Crippen MR) is 147 cm³/mol. The average molecular weight is 654 g/mol. The molecule has 0 amide bonds. The summed E-state index contributed by atoms with van der Waals surface area (Å²) in [6.45, 7) is 4.57. The zero-order valence-corrected chi connectivity index (χ0v) is 25.2. The zero-order valence-electron chi connectivity index (χ0n) is 22.8. The normalized spacial score (nSPS) is 12.5. The van der Waals surface area contributed by atoms with Crippen LogP contribution in [0.3, 0.4) is 0 Å². The van der Waals surface area contributed by atoms with Gasteiger partial charge in [0.15, 0.2) is 0 Å². The summed E-state index contributed by atoms with van der Waals surface area (Å²) in [4.78, 5) is -0.549. The first-order chi connectivity index (χ1) is 19.3. The Hall–Kier alpha value is -3.02. The maximum absolute atomic E-state index is 12.9. The summed E-state index contributed by atoms with van der Waals surface area (Å²) in [7, 11) is -12.3. The first-order valence-electron chi connectivity index (χ1n) is 12.2. The van der Waals surface area contributed by atoms with Crippen molar-refractivity contribution in [1.82, 2.24) is 4.31 Å². The minimum Gasteiger partial charge on any atom is -0.406 e. The fraction of sp³-hybridized carbons (Fsp3) is 0.308. The molecule has 3 rings (SSSR count). The Morgan fingerprint density at radius 3 is 1.76 bits per heavy atom. The van der Waals surface area contributed by atoms with Gasteiger partial charge in [-0.05, 0) is 56.7 Å². The van der Waals surface area contributed by atoms with E-state index in [0.717, 1.165) is 39.7 Å². The van der Waals surface area contributed by atoms with Gasteiger partial charge >= 0.3 is 6.36 Å². The van der Waals surface area contributed by atoms with Crippen LogP contribution in [0.15, 0.2) is 87.5 Å². The molecule has 0 fully saturated rings. The Bertz CT molecular complexity index is 1640. The van der Waals surface area contributed by atoms with E-state index < -0.39 is 53.9 Å². The number of aryl methyl sites for hydroxylation is 2. The second kappa shape index (κ2) is 14.4. The van der Waals surface area contributed by atoms with E-state index in [1.807, 2.05) is 6.92 Å². The number of halogens is 3. The van der Waals surface area contributed by atoms with Crippen LogP contribution >= 0.6 is 0 Å². The summed E-state index contributed by atoms with van der Waals surface area (Å²) in [6.07, 6.45) is -4.58. The molecular weight excluding hydrogens is 623 g/mol. The first kappa shape index (κ1) is 35.2. The van der Waals surface area contributed by atoms with Gasteiger partial charge in [-0.25, -0.2) is 8.42 Å². The molecule has 232 valence electrons. The number of alkyl halides is 3. The summed E-state index contributed by atoms with van der Waals surface area (Å²) in [6, 6.07) is 15.9. The smallest absolute Gasteiger partial charge is 0.406 e. The number of nitrogens with zero attached hydrogens (tertiary/aromatic N) is 1. The molecule has 1 N–H and O–H groups in total. The lowest BCUT2D eigenvalue weighted by atomic mass is 10.2. The number of benzene rings is 3. The molecule has 0 saturated carbocycles. The Morgan fingerprint density at radius 2 is 1.29 bits per heavy atom. The number of sulfonamides is 1. The Morgan fingerprint density at radius 1 is 0.762 bits per heavy atom. The summed E-state index contributed by atoms with van der Waals surface area (Å²) in [5, 5.41) is 0. The van der Waals surface area contributed by atoms with Crippen molar-refractivity contribution >= 4 is 30.3 Å². The zero-order chi connectivity index (χ0) is 31.8. The standard InChI is InChI=1S/C19H22F3NO6S2.C7H8O3S/c1-3-11-23(12-13-28-31(26,27)17-9-7-15(2)8-10-17)30(24,25)18-6-4-5-16(14-18)29-19(20,21)22;1-6-2-4-7(5-3-6)11(8,9)10/h4-10,14H,3,11-13H2,1-2H3;2-5H,1H3,(H,8,9,10). The Kier molecular flexibility index (Phi) is 12.1. The van der Waals surface area contributed by atoms with Crippen molar-refractivity contribution in [2.24, 2.45) is 0 Å². The molecule has 0 unspecified atom stereocenters. The molecule has 0 heterocycles. The van der Waals surface area contributed by atoms with Gasteiger partial charge in [-0.2, -0.15) is 21.1 Å². The molecule has 0 radical (unpaired) electrons. The van der Waals surface area contributed by atoms with Crippen molar-refractivity contribution in [2.45, 2.75) is 48.2 Å². The van der Waals surface area contributed by atoms with Gasteiger partial charge in [0.1, 0.15) is 5.75 Å². The third-order valence-corrected chi connectivity index (χ3v) is 9.45. The molecule has 0 saturated heterocycles. The summed E-state index contributed by atoms with van der Waals surface area (Å²) < 4.78 is 127. The highest BCUT2D eigenvalue weighted by Gasteiger charge is 2.32. The molecule has 0 bridgehead atoms. The molecule has 3 aromatic rings. The maximum Gasteiger partial charge on any atom is 0.573 e. The molecule has 0 aliphatic rings. The molecular formula is C26H30F3NO9S3. The number of rotatable bonds is 11. The molecule has 42 heavy (non-hydrogen) atoms. The van der Waals surface area contributed by atoms with Crippen molar-refractivity contribution in [1.29, 1.82) is 0 Å². The fourth-order valence-electron chi connectivity index (χ4n) is 3.31. The predicted octanol–water partition coefficient (Wildman–Crippen LogP) is 4.94. The van der Waals surface area contributed by atoms with E-state index in [9.17, 15) is 38.4 Å². The van der Waals surface area contributed by atoms with Crippen LogP contribution in [-0.4, -0.2) is 60.2 Å². The van der Waals surface area contributed by atoms with E-state index in [2.05, 4.69) is 4.74 Å². The van der Waals surface area contributed by atoms with Gasteiger partial charge in [0.2, 0.25) is 10.0 Å². The molecule has 16 heteroatoms. The summed E-state index contributed by atoms with van der Waals surface area (Å²) in [5.41, 5.74) is 1.81. The van der Waals surface area contributed by atoms with Crippen LogP contribution in [0.2, 0.25) is 0 Å². The van der Waals surface area contributed by atoms with Gasteiger partial charge in [0, 0.05) is 19.2 Å². The minimum absolute atomic E-state index is 0.0145. The number of ether oxygens (including phenoxy) is 1. The minimum atomic E-state index is -4.97. The molecule has 0 spiro atoms. The van der Waals surface area contributed by atoms with Crippen molar-refractivity contribution in [3.05, 3.63) is 83.9 Å². The highest BCUT2D eigenvalue weighted by Crippen LogP contribution is 2.26. The summed E-state index contributed by atoms with van der Waals surface area (Å²) >= 11 is 0. The van der Waals surface area contributed by atoms with Gasteiger partial charge in [-0.3, -0.25) is 8.74 Å².